The van der Waals surface area contributed by atoms with Crippen LogP contribution in [-0.2, 0) is 22.8 Å². The van der Waals surface area contributed by atoms with Gasteiger partial charge in [-0.25, -0.2) is 9.69 Å². The molecule has 0 bridgehead atoms. The van der Waals surface area contributed by atoms with Gasteiger partial charge in [0.25, 0.3) is 11.8 Å². The van der Waals surface area contributed by atoms with Crippen molar-refractivity contribution >= 4 is 41.2 Å². The van der Waals surface area contributed by atoms with Gasteiger partial charge in [0.1, 0.15) is 30.3 Å². The van der Waals surface area contributed by atoms with E-state index < -0.39 is 17.8 Å². The third kappa shape index (κ3) is 6.39. The van der Waals surface area contributed by atoms with Crippen LogP contribution in [0.4, 0.5) is 10.5 Å². The van der Waals surface area contributed by atoms with Crippen molar-refractivity contribution in [1.82, 2.24) is 5.32 Å². The molecule has 1 fully saturated rings. The minimum absolute atomic E-state index is 0.168. The highest BCUT2D eigenvalue weighted by atomic mass is 35.5. The van der Waals surface area contributed by atoms with Crippen molar-refractivity contribution in [2.24, 2.45) is 0 Å². The van der Waals surface area contributed by atoms with Crippen molar-refractivity contribution in [1.29, 1.82) is 0 Å². The van der Waals surface area contributed by atoms with Crippen LogP contribution in [0, 0.1) is 6.92 Å². The molecule has 4 aromatic carbocycles. The molecule has 0 atom stereocenters. The number of nitrogens with one attached hydrogen (secondary N) is 1. The Bertz CT molecular complexity index is 1580. The van der Waals surface area contributed by atoms with Crippen LogP contribution >= 0.6 is 11.6 Å². The Morgan fingerprint density at radius 3 is 2.08 bits per heavy atom. The van der Waals surface area contributed by atoms with Gasteiger partial charge >= 0.3 is 6.03 Å². The molecule has 1 saturated heterocycles. The second-order valence-electron chi connectivity index (χ2n) is 9.21. The second kappa shape index (κ2) is 11.9. The maximum atomic E-state index is 13.3. The normalized spacial score (nSPS) is 14.3. The van der Waals surface area contributed by atoms with Crippen LogP contribution in [0.5, 0.6) is 11.5 Å². The zero-order chi connectivity index (χ0) is 28.1. The zero-order valence-corrected chi connectivity index (χ0v) is 22.4. The van der Waals surface area contributed by atoms with E-state index in [0.29, 0.717) is 41.0 Å². The van der Waals surface area contributed by atoms with Crippen LogP contribution in [0.3, 0.4) is 0 Å². The number of ether oxygens (including phenoxy) is 2. The summed E-state index contributed by atoms with van der Waals surface area (Å²) in [6.07, 6.45) is 1.44. The molecule has 1 heterocycles. The molecule has 4 amide bonds. The van der Waals surface area contributed by atoms with E-state index in [4.69, 9.17) is 21.1 Å². The average Bonchev–Trinajstić information content (AvgIpc) is 2.95. The van der Waals surface area contributed by atoms with Crippen molar-refractivity contribution in [2.75, 3.05) is 4.90 Å². The molecule has 0 aromatic heterocycles. The first-order valence-electron chi connectivity index (χ1n) is 12.5. The van der Waals surface area contributed by atoms with E-state index in [0.717, 1.165) is 16.0 Å². The average molecular weight is 553 g/mol. The molecule has 40 heavy (non-hydrogen) atoms. The van der Waals surface area contributed by atoms with Gasteiger partial charge in [0, 0.05) is 5.02 Å². The van der Waals surface area contributed by atoms with Crippen molar-refractivity contribution in [2.45, 2.75) is 20.1 Å². The van der Waals surface area contributed by atoms with Gasteiger partial charge in [0.2, 0.25) is 0 Å². The Hall–Kier alpha value is -4.88. The topological polar surface area (TPSA) is 84.9 Å². The van der Waals surface area contributed by atoms with E-state index in [2.05, 4.69) is 5.32 Å². The molecular weight excluding hydrogens is 528 g/mol. The monoisotopic (exact) mass is 552 g/mol. The number of rotatable bonds is 8. The quantitative estimate of drug-likeness (QED) is 0.200. The Morgan fingerprint density at radius 2 is 1.40 bits per heavy atom. The van der Waals surface area contributed by atoms with Crippen LogP contribution in [0.2, 0.25) is 5.02 Å². The van der Waals surface area contributed by atoms with Crippen LogP contribution in [0.25, 0.3) is 6.08 Å². The van der Waals surface area contributed by atoms with Crippen molar-refractivity contribution in [3.05, 3.63) is 130 Å². The van der Waals surface area contributed by atoms with Gasteiger partial charge in [-0.1, -0.05) is 65.7 Å². The summed E-state index contributed by atoms with van der Waals surface area (Å²) in [5.41, 5.74) is 3.84. The van der Waals surface area contributed by atoms with E-state index >= 15 is 0 Å². The summed E-state index contributed by atoms with van der Waals surface area (Å²) in [7, 11) is 0. The van der Waals surface area contributed by atoms with Gasteiger partial charge in [-0.05, 0) is 78.2 Å². The lowest BCUT2D eigenvalue weighted by atomic mass is 10.1. The standard InChI is InChI=1S/C32H25ClN2O5/c1-21-5-7-22(8-6-21)20-40-28-4-2-3-24(17-28)18-29-30(36)34-32(38)35(31(29)37)26-13-15-27(16-14-26)39-19-23-9-11-25(33)12-10-23/h2-18H,19-20H2,1H3,(H,34,36,38)/b29-18-. The fraction of sp³-hybridized carbons (Fsp3) is 0.0938. The van der Waals surface area contributed by atoms with Crippen molar-refractivity contribution in [3.8, 4) is 11.5 Å². The Balaban J connectivity index is 1.29. The predicted molar refractivity (Wildman–Crippen MR) is 153 cm³/mol. The molecule has 8 heteroatoms. The van der Waals surface area contributed by atoms with E-state index in [1.807, 2.05) is 43.3 Å². The smallest absolute Gasteiger partial charge is 0.335 e. The lowest BCUT2D eigenvalue weighted by Gasteiger charge is -2.26. The van der Waals surface area contributed by atoms with Crippen molar-refractivity contribution in [3.63, 3.8) is 0 Å². The fourth-order valence-corrected chi connectivity index (χ4v) is 4.17. The van der Waals surface area contributed by atoms with Gasteiger partial charge in [-0.3, -0.25) is 14.9 Å². The van der Waals surface area contributed by atoms with Gasteiger partial charge in [-0.2, -0.15) is 0 Å². The van der Waals surface area contributed by atoms with E-state index in [-0.39, 0.29) is 5.57 Å². The molecular formula is C32H25ClN2O5. The van der Waals surface area contributed by atoms with Crippen LogP contribution in [0.15, 0.2) is 103 Å². The molecule has 200 valence electrons. The van der Waals surface area contributed by atoms with Gasteiger partial charge in [0.05, 0.1) is 5.69 Å². The summed E-state index contributed by atoms with van der Waals surface area (Å²) >= 11 is 5.92. The largest absolute Gasteiger partial charge is 0.489 e. The molecule has 0 aliphatic carbocycles. The first-order valence-corrected chi connectivity index (χ1v) is 12.9. The number of nitrogens with zero attached hydrogens (tertiary/aromatic N) is 1. The number of hydrogen-bond acceptors (Lipinski definition) is 5. The fourth-order valence-electron chi connectivity index (χ4n) is 4.04. The van der Waals surface area contributed by atoms with E-state index in [1.165, 1.54) is 11.6 Å². The first-order chi connectivity index (χ1) is 19.4. The summed E-state index contributed by atoms with van der Waals surface area (Å²) < 4.78 is 11.7. The number of carbonyl (C=O) groups is 3. The van der Waals surface area contributed by atoms with E-state index in [9.17, 15) is 14.4 Å². The number of carbonyl (C=O) groups excluding carboxylic acids is 3. The third-order valence-electron chi connectivity index (χ3n) is 6.21. The van der Waals surface area contributed by atoms with Crippen LogP contribution < -0.4 is 19.7 Å². The summed E-state index contributed by atoms with van der Waals surface area (Å²) in [5.74, 6) is -0.353. The van der Waals surface area contributed by atoms with Gasteiger partial charge in [-0.15, -0.1) is 0 Å². The third-order valence-corrected chi connectivity index (χ3v) is 6.46. The lowest BCUT2D eigenvalue weighted by Crippen LogP contribution is -2.54. The highest BCUT2D eigenvalue weighted by molar-refractivity contribution is 6.39. The first kappa shape index (κ1) is 26.7. The van der Waals surface area contributed by atoms with E-state index in [1.54, 1.807) is 60.7 Å². The van der Waals surface area contributed by atoms with Gasteiger partial charge in [0.15, 0.2) is 0 Å². The molecule has 7 nitrogen and oxygen atoms in total. The maximum Gasteiger partial charge on any atom is 0.335 e. The highest BCUT2D eigenvalue weighted by Crippen LogP contribution is 2.26. The molecule has 0 unspecified atom stereocenters. The Labute approximate surface area is 236 Å². The SMILES string of the molecule is Cc1ccc(COc2cccc(/C=C3/C(=O)NC(=O)N(c4ccc(OCc5ccc(Cl)cc5)cc4)C3=O)c2)cc1. The Kier molecular flexibility index (Phi) is 7.94. The number of halogens is 1. The Morgan fingerprint density at radius 1 is 0.775 bits per heavy atom. The number of urea groups is 1. The highest BCUT2D eigenvalue weighted by Gasteiger charge is 2.36. The molecule has 1 N–H and O–H groups in total. The van der Waals surface area contributed by atoms with Crippen LogP contribution in [-0.4, -0.2) is 17.8 Å². The number of aryl methyl sites for hydroxylation is 1. The number of anilines is 1. The molecule has 0 saturated carbocycles. The number of amides is 4. The molecule has 0 spiro atoms. The molecule has 4 aromatic rings. The second-order valence-corrected chi connectivity index (χ2v) is 9.65. The maximum absolute atomic E-state index is 13.3. The molecule has 1 aliphatic heterocycles. The zero-order valence-electron chi connectivity index (χ0n) is 21.6. The number of benzene rings is 4. The summed E-state index contributed by atoms with van der Waals surface area (Å²) in [4.78, 5) is 39.4. The lowest BCUT2D eigenvalue weighted by molar-refractivity contribution is -0.122. The van der Waals surface area contributed by atoms with Crippen molar-refractivity contribution < 1.29 is 23.9 Å². The summed E-state index contributed by atoms with van der Waals surface area (Å²) in [6.45, 7) is 2.73. The van der Waals surface area contributed by atoms with Crippen LogP contribution in [0.1, 0.15) is 22.3 Å². The summed E-state index contributed by atoms with van der Waals surface area (Å²) in [6, 6.07) is 28.0. The number of hydrogen-bond donors (Lipinski definition) is 1. The minimum Gasteiger partial charge on any atom is -0.489 e. The molecule has 1 aliphatic rings. The predicted octanol–water partition coefficient (Wildman–Crippen LogP) is 6.47. The molecule has 0 radical (unpaired) electrons. The number of barbiturate groups is 1. The molecule has 5 rings (SSSR count). The van der Waals surface area contributed by atoms with Gasteiger partial charge < -0.3 is 9.47 Å². The number of imide groups is 2. The summed E-state index contributed by atoms with van der Waals surface area (Å²) in [5, 5.41) is 2.89. The minimum atomic E-state index is -0.822.